The summed E-state index contributed by atoms with van der Waals surface area (Å²) < 4.78 is 5.00. The van der Waals surface area contributed by atoms with Gasteiger partial charge in [0.2, 0.25) is 11.9 Å². The van der Waals surface area contributed by atoms with Gasteiger partial charge in [-0.15, -0.1) is 0 Å². The van der Waals surface area contributed by atoms with Gasteiger partial charge in [0.1, 0.15) is 0 Å². The second kappa shape index (κ2) is 7.46. The molecule has 1 aromatic carbocycles. The third-order valence-corrected chi connectivity index (χ3v) is 4.29. The van der Waals surface area contributed by atoms with Crippen molar-refractivity contribution < 1.29 is 9.53 Å². The Labute approximate surface area is 136 Å². The van der Waals surface area contributed by atoms with Crippen LogP contribution in [0.25, 0.3) is 11.0 Å². The summed E-state index contributed by atoms with van der Waals surface area (Å²) in [5.41, 5.74) is 2.00. The molecule has 0 unspecified atom stereocenters. The number of rotatable bonds is 6. The largest absolute Gasteiger partial charge is 0.385 e. The number of amides is 1. The maximum Gasteiger partial charge on any atom is 0.224 e. The van der Waals surface area contributed by atoms with Crippen molar-refractivity contribution in [2.75, 3.05) is 38.3 Å². The third kappa shape index (κ3) is 3.82. The average Bonchev–Trinajstić information content (AvgIpc) is 3.03. The van der Waals surface area contributed by atoms with E-state index < -0.39 is 0 Å². The summed E-state index contributed by atoms with van der Waals surface area (Å²) >= 11 is 0. The Morgan fingerprint density at radius 3 is 3.17 bits per heavy atom. The molecule has 1 aliphatic heterocycles. The average molecular weight is 316 g/mol. The van der Waals surface area contributed by atoms with Crippen LogP contribution in [0.3, 0.4) is 0 Å². The van der Waals surface area contributed by atoms with E-state index in [0.29, 0.717) is 13.2 Å². The van der Waals surface area contributed by atoms with Gasteiger partial charge in [0.25, 0.3) is 0 Å². The van der Waals surface area contributed by atoms with E-state index in [2.05, 4.69) is 20.2 Å². The maximum atomic E-state index is 12.3. The van der Waals surface area contributed by atoms with Gasteiger partial charge in [0.15, 0.2) is 0 Å². The maximum absolute atomic E-state index is 12.3. The highest BCUT2D eigenvalue weighted by atomic mass is 16.5. The van der Waals surface area contributed by atoms with Crippen molar-refractivity contribution in [3.05, 3.63) is 24.3 Å². The number of hydrogen-bond donors (Lipinski definition) is 2. The monoisotopic (exact) mass is 316 g/mol. The highest BCUT2D eigenvalue weighted by Crippen LogP contribution is 2.23. The molecule has 2 heterocycles. The molecule has 124 valence electrons. The summed E-state index contributed by atoms with van der Waals surface area (Å²) in [6.07, 6.45) is 2.79. The number of aromatic nitrogens is 2. The molecule has 1 saturated heterocycles. The van der Waals surface area contributed by atoms with Crippen molar-refractivity contribution >= 4 is 22.9 Å². The quantitative estimate of drug-likeness (QED) is 0.799. The van der Waals surface area contributed by atoms with Crippen LogP contribution >= 0.6 is 0 Å². The van der Waals surface area contributed by atoms with Gasteiger partial charge in [-0.25, -0.2) is 4.98 Å². The summed E-state index contributed by atoms with van der Waals surface area (Å²) in [7, 11) is 1.67. The molecule has 0 spiro atoms. The van der Waals surface area contributed by atoms with Gasteiger partial charge < -0.3 is 19.9 Å². The summed E-state index contributed by atoms with van der Waals surface area (Å²) in [4.78, 5) is 22.5. The Bertz CT molecular complexity index is 622. The Kier molecular flexibility index (Phi) is 5.12. The Hall–Kier alpha value is -2.08. The Morgan fingerprint density at radius 2 is 2.35 bits per heavy atom. The van der Waals surface area contributed by atoms with Crippen molar-refractivity contribution in [2.45, 2.75) is 19.3 Å². The smallest absolute Gasteiger partial charge is 0.224 e. The number of ether oxygens (including phenoxy) is 1. The molecule has 3 rings (SSSR count). The number of imidazole rings is 1. The number of hydrogen-bond acceptors (Lipinski definition) is 4. The van der Waals surface area contributed by atoms with E-state index in [1.165, 1.54) is 0 Å². The van der Waals surface area contributed by atoms with Crippen LogP contribution in [0.2, 0.25) is 0 Å². The first-order valence-electron chi connectivity index (χ1n) is 8.24. The number of anilines is 1. The minimum absolute atomic E-state index is 0.0273. The van der Waals surface area contributed by atoms with Crippen LogP contribution in [0.5, 0.6) is 0 Å². The van der Waals surface area contributed by atoms with Crippen LogP contribution in [0.1, 0.15) is 19.3 Å². The van der Waals surface area contributed by atoms with Gasteiger partial charge in [-0.05, 0) is 31.4 Å². The number of H-pyrrole nitrogens is 1. The molecular formula is C17H24N4O2. The summed E-state index contributed by atoms with van der Waals surface area (Å²) in [6, 6.07) is 8.01. The standard InChI is InChI=1S/C17H24N4O2/c1-23-11-5-9-18-16(22)13-6-4-10-21(12-13)17-19-14-7-2-3-8-15(14)20-17/h2-3,7-8,13H,4-6,9-12H2,1H3,(H,18,22)(H,19,20)/t13-/m0/s1. The Morgan fingerprint density at radius 1 is 1.48 bits per heavy atom. The lowest BCUT2D eigenvalue weighted by atomic mass is 9.97. The highest BCUT2D eigenvalue weighted by molar-refractivity contribution is 5.80. The predicted octanol–water partition coefficient (Wildman–Crippen LogP) is 1.93. The number of piperidine rings is 1. The predicted molar refractivity (Wildman–Crippen MR) is 90.5 cm³/mol. The van der Waals surface area contributed by atoms with E-state index in [0.717, 1.165) is 49.3 Å². The fourth-order valence-corrected chi connectivity index (χ4v) is 3.05. The van der Waals surface area contributed by atoms with Crippen LogP contribution in [0, 0.1) is 5.92 Å². The van der Waals surface area contributed by atoms with Gasteiger partial charge in [0, 0.05) is 33.4 Å². The van der Waals surface area contributed by atoms with Crippen molar-refractivity contribution in [3.8, 4) is 0 Å². The first kappa shape index (κ1) is 15.8. The number of carbonyl (C=O) groups excluding carboxylic acids is 1. The van der Waals surface area contributed by atoms with Crippen molar-refractivity contribution in [2.24, 2.45) is 5.92 Å². The molecule has 1 amide bonds. The SMILES string of the molecule is COCCCNC(=O)[C@H]1CCCN(c2nc3ccccc3[nH]2)C1. The fourth-order valence-electron chi connectivity index (χ4n) is 3.05. The second-order valence-electron chi connectivity index (χ2n) is 6.00. The first-order chi connectivity index (χ1) is 11.3. The van der Waals surface area contributed by atoms with Crippen LogP contribution in [-0.4, -0.2) is 49.2 Å². The third-order valence-electron chi connectivity index (χ3n) is 4.29. The minimum Gasteiger partial charge on any atom is -0.385 e. The van der Waals surface area contributed by atoms with E-state index in [-0.39, 0.29) is 11.8 Å². The van der Waals surface area contributed by atoms with Crippen LogP contribution < -0.4 is 10.2 Å². The number of fused-ring (bicyclic) bond motifs is 1. The normalized spacial score (nSPS) is 18.3. The van der Waals surface area contributed by atoms with Crippen LogP contribution in [0.4, 0.5) is 5.95 Å². The second-order valence-corrected chi connectivity index (χ2v) is 6.00. The fraction of sp³-hybridized carbons (Fsp3) is 0.529. The van der Waals surface area contributed by atoms with Gasteiger partial charge in [0.05, 0.1) is 17.0 Å². The van der Waals surface area contributed by atoms with Crippen LogP contribution in [0.15, 0.2) is 24.3 Å². The molecule has 1 fully saturated rings. The molecule has 0 bridgehead atoms. The van der Waals surface area contributed by atoms with Gasteiger partial charge in [-0.2, -0.15) is 0 Å². The highest BCUT2D eigenvalue weighted by Gasteiger charge is 2.27. The minimum atomic E-state index is 0.0273. The molecule has 2 aromatic rings. The lowest BCUT2D eigenvalue weighted by Crippen LogP contribution is -2.43. The lowest BCUT2D eigenvalue weighted by molar-refractivity contribution is -0.125. The molecular weight excluding hydrogens is 292 g/mol. The summed E-state index contributed by atoms with van der Waals surface area (Å²) in [5.74, 6) is 1.03. The van der Waals surface area contributed by atoms with E-state index in [1.807, 2.05) is 24.3 Å². The zero-order chi connectivity index (χ0) is 16.1. The number of nitrogens with one attached hydrogen (secondary N) is 2. The number of nitrogens with zero attached hydrogens (tertiary/aromatic N) is 2. The zero-order valence-electron chi connectivity index (χ0n) is 13.5. The van der Waals surface area contributed by atoms with E-state index in [1.54, 1.807) is 7.11 Å². The van der Waals surface area contributed by atoms with E-state index in [4.69, 9.17) is 4.74 Å². The van der Waals surface area contributed by atoms with Crippen LogP contribution in [-0.2, 0) is 9.53 Å². The van der Waals surface area contributed by atoms with Gasteiger partial charge in [-0.3, -0.25) is 4.79 Å². The topological polar surface area (TPSA) is 70.2 Å². The molecule has 6 nitrogen and oxygen atoms in total. The van der Waals surface area contributed by atoms with E-state index >= 15 is 0 Å². The molecule has 1 aromatic heterocycles. The number of benzene rings is 1. The van der Waals surface area contributed by atoms with Gasteiger partial charge in [-0.1, -0.05) is 12.1 Å². The molecule has 2 N–H and O–H groups in total. The van der Waals surface area contributed by atoms with Crippen molar-refractivity contribution in [1.29, 1.82) is 0 Å². The van der Waals surface area contributed by atoms with Crippen molar-refractivity contribution in [1.82, 2.24) is 15.3 Å². The molecule has 6 heteroatoms. The molecule has 1 aliphatic rings. The molecule has 23 heavy (non-hydrogen) atoms. The molecule has 0 radical (unpaired) electrons. The van der Waals surface area contributed by atoms with Gasteiger partial charge >= 0.3 is 0 Å². The lowest BCUT2D eigenvalue weighted by Gasteiger charge is -2.31. The number of methoxy groups -OCH3 is 1. The summed E-state index contributed by atoms with van der Waals surface area (Å²) in [6.45, 7) is 3.01. The Balaban J connectivity index is 1.60. The first-order valence-corrected chi connectivity index (χ1v) is 8.24. The molecule has 1 atom stereocenters. The summed E-state index contributed by atoms with van der Waals surface area (Å²) in [5, 5.41) is 3.01. The number of carbonyl (C=O) groups is 1. The van der Waals surface area contributed by atoms with E-state index in [9.17, 15) is 4.79 Å². The number of para-hydroxylation sites is 2. The van der Waals surface area contributed by atoms with Crippen molar-refractivity contribution in [3.63, 3.8) is 0 Å². The molecule has 0 saturated carbocycles. The zero-order valence-corrected chi connectivity index (χ0v) is 13.5. The molecule has 0 aliphatic carbocycles. The number of aromatic amines is 1.